The second-order valence-corrected chi connectivity index (χ2v) is 6.17. The summed E-state index contributed by atoms with van der Waals surface area (Å²) in [6.45, 7) is 2.04. The van der Waals surface area contributed by atoms with E-state index in [1.807, 2.05) is 44.2 Å². The summed E-state index contributed by atoms with van der Waals surface area (Å²) in [5.74, 6) is 0.506. The molecule has 0 aliphatic carbocycles. The molecule has 3 aromatic rings. The maximum atomic E-state index is 13.1. The highest BCUT2D eigenvalue weighted by Gasteiger charge is 2.15. The lowest BCUT2D eigenvalue weighted by Crippen LogP contribution is -2.22. The zero-order valence-corrected chi connectivity index (χ0v) is 14.5. The summed E-state index contributed by atoms with van der Waals surface area (Å²) in [7, 11) is 3.82. The van der Waals surface area contributed by atoms with Crippen LogP contribution < -0.4 is 4.90 Å². The Morgan fingerprint density at radius 3 is 2.50 bits per heavy atom. The largest absolute Gasteiger partial charge is 0.353 e. The van der Waals surface area contributed by atoms with Gasteiger partial charge >= 0.3 is 0 Å². The minimum atomic E-state index is -0.242. The van der Waals surface area contributed by atoms with Crippen LogP contribution in [-0.2, 0) is 7.05 Å². The number of halogens is 2. The molecule has 0 bridgehead atoms. The maximum Gasteiger partial charge on any atom is 0.132 e. The average Bonchev–Trinajstić information content (AvgIpc) is 3.00. The molecule has 0 saturated heterocycles. The fourth-order valence-corrected chi connectivity index (χ4v) is 2.77. The molecular formula is C18H18ClFN4. The van der Waals surface area contributed by atoms with Gasteiger partial charge in [-0.25, -0.2) is 9.37 Å². The average molecular weight is 345 g/mol. The molecule has 0 N–H and O–H groups in total. The van der Waals surface area contributed by atoms with Gasteiger partial charge in [-0.05, 0) is 42.3 Å². The summed E-state index contributed by atoms with van der Waals surface area (Å²) in [4.78, 5) is 6.43. The third-order valence-electron chi connectivity index (χ3n) is 4.11. The molecule has 0 spiro atoms. The van der Waals surface area contributed by atoms with Crippen LogP contribution in [0, 0.1) is 5.82 Å². The van der Waals surface area contributed by atoms with Crippen molar-refractivity contribution in [2.45, 2.75) is 13.0 Å². The number of rotatable bonds is 4. The van der Waals surface area contributed by atoms with Crippen molar-refractivity contribution in [1.29, 1.82) is 0 Å². The zero-order valence-electron chi connectivity index (χ0n) is 13.7. The monoisotopic (exact) mass is 344 g/mol. The van der Waals surface area contributed by atoms with Crippen LogP contribution in [0.5, 0.6) is 0 Å². The Hall–Kier alpha value is -2.40. The molecule has 124 valence electrons. The fourth-order valence-electron chi connectivity index (χ4n) is 2.56. The lowest BCUT2D eigenvalue weighted by Gasteiger charge is -2.27. The van der Waals surface area contributed by atoms with Gasteiger partial charge < -0.3 is 4.90 Å². The molecule has 2 heterocycles. The molecule has 1 atom stereocenters. The van der Waals surface area contributed by atoms with Crippen molar-refractivity contribution < 1.29 is 4.39 Å². The van der Waals surface area contributed by atoms with Crippen LogP contribution in [0.15, 0.2) is 48.8 Å². The van der Waals surface area contributed by atoms with Crippen molar-refractivity contribution in [1.82, 2.24) is 14.8 Å². The fraction of sp³-hybridized carbons (Fsp3) is 0.222. The van der Waals surface area contributed by atoms with E-state index in [0.717, 1.165) is 22.5 Å². The Morgan fingerprint density at radius 2 is 1.88 bits per heavy atom. The van der Waals surface area contributed by atoms with E-state index >= 15 is 0 Å². The number of hydrogen-bond acceptors (Lipinski definition) is 3. The van der Waals surface area contributed by atoms with Gasteiger partial charge in [-0.15, -0.1) is 0 Å². The number of nitrogens with zero attached hydrogens (tertiary/aromatic N) is 4. The molecule has 4 nitrogen and oxygen atoms in total. The minimum Gasteiger partial charge on any atom is -0.353 e. The van der Waals surface area contributed by atoms with Crippen LogP contribution in [0.2, 0.25) is 5.15 Å². The van der Waals surface area contributed by atoms with Gasteiger partial charge in [-0.1, -0.05) is 23.7 Å². The highest BCUT2D eigenvalue weighted by molar-refractivity contribution is 6.29. The molecule has 1 unspecified atom stereocenters. The van der Waals surface area contributed by atoms with E-state index in [1.165, 1.54) is 12.1 Å². The van der Waals surface area contributed by atoms with Gasteiger partial charge in [0.15, 0.2) is 0 Å². The molecule has 1 aromatic carbocycles. The van der Waals surface area contributed by atoms with Gasteiger partial charge in [0, 0.05) is 25.9 Å². The van der Waals surface area contributed by atoms with Crippen LogP contribution in [0.4, 0.5) is 10.2 Å². The van der Waals surface area contributed by atoms with Crippen molar-refractivity contribution in [2.75, 3.05) is 11.9 Å². The second-order valence-electron chi connectivity index (χ2n) is 5.78. The molecule has 0 saturated carbocycles. The molecule has 0 amide bonds. The third kappa shape index (κ3) is 3.41. The van der Waals surface area contributed by atoms with Crippen LogP contribution in [0.1, 0.15) is 18.5 Å². The quantitative estimate of drug-likeness (QED) is 0.655. The van der Waals surface area contributed by atoms with Crippen LogP contribution in [0.25, 0.3) is 11.1 Å². The van der Waals surface area contributed by atoms with Crippen LogP contribution in [-0.4, -0.2) is 21.8 Å². The Bertz CT molecular complexity index is 844. The first-order chi connectivity index (χ1) is 11.4. The number of hydrogen-bond donors (Lipinski definition) is 0. The summed E-state index contributed by atoms with van der Waals surface area (Å²) < 4.78 is 14.9. The van der Waals surface area contributed by atoms with Gasteiger partial charge in [0.2, 0.25) is 0 Å². The molecule has 0 radical (unpaired) electrons. The van der Waals surface area contributed by atoms with E-state index in [0.29, 0.717) is 5.15 Å². The molecule has 0 aliphatic rings. The topological polar surface area (TPSA) is 34.0 Å². The predicted octanol–water partition coefficient (Wildman–Crippen LogP) is 4.47. The summed E-state index contributed by atoms with van der Waals surface area (Å²) >= 11 is 6.21. The Balaban J connectivity index is 1.93. The van der Waals surface area contributed by atoms with E-state index in [2.05, 4.69) is 10.1 Å². The van der Waals surface area contributed by atoms with E-state index in [9.17, 15) is 4.39 Å². The summed E-state index contributed by atoms with van der Waals surface area (Å²) in [5, 5.41) is 4.61. The first-order valence-corrected chi connectivity index (χ1v) is 7.97. The van der Waals surface area contributed by atoms with E-state index < -0.39 is 0 Å². The molecule has 2 aromatic heterocycles. The normalized spacial score (nSPS) is 12.2. The predicted molar refractivity (Wildman–Crippen MR) is 94.7 cm³/mol. The summed E-state index contributed by atoms with van der Waals surface area (Å²) in [6, 6.07) is 10.3. The maximum absolute atomic E-state index is 13.1. The molecule has 24 heavy (non-hydrogen) atoms. The lowest BCUT2D eigenvalue weighted by molar-refractivity contribution is 0.625. The van der Waals surface area contributed by atoms with Crippen molar-refractivity contribution >= 4 is 17.4 Å². The zero-order chi connectivity index (χ0) is 17.3. The Morgan fingerprint density at radius 1 is 1.17 bits per heavy atom. The highest BCUT2D eigenvalue weighted by atomic mass is 35.5. The van der Waals surface area contributed by atoms with Crippen molar-refractivity contribution in [3.63, 3.8) is 0 Å². The highest BCUT2D eigenvalue weighted by Crippen LogP contribution is 2.30. The van der Waals surface area contributed by atoms with E-state index in [-0.39, 0.29) is 11.9 Å². The van der Waals surface area contributed by atoms with Crippen LogP contribution in [0.3, 0.4) is 0 Å². The Labute approximate surface area is 145 Å². The van der Waals surface area contributed by atoms with Crippen molar-refractivity contribution in [2.24, 2.45) is 7.05 Å². The first-order valence-electron chi connectivity index (χ1n) is 7.59. The Kier molecular flexibility index (Phi) is 4.53. The van der Waals surface area contributed by atoms with Gasteiger partial charge in [-0.2, -0.15) is 5.10 Å². The molecule has 6 heteroatoms. The van der Waals surface area contributed by atoms with Gasteiger partial charge in [0.25, 0.3) is 0 Å². The molecule has 0 aliphatic heterocycles. The van der Waals surface area contributed by atoms with Crippen LogP contribution >= 0.6 is 11.6 Å². The summed E-state index contributed by atoms with van der Waals surface area (Å²) in [6.07, 6.45) is 3.72. The number of aryl methyl sites for hydroxylation is 1. The number of aromatic nitrogens is 3. The van der Waals surface area contributed by atoms with Crippen molar-refractivity contribution in [3.8, 4) is 11.1 Å². The molecular weight excluding hydrogens is 327 g/mol. The minimum absolute atomic E-state index is 0.0262. The van der Waals surface area contributed by atoms with E-state index in [4.69, 9.17) is 11.6 Å². The molecule has 3 rings (SSSR count). The van der Waals surface area contributed by atoms with Gasteiger partial charge in [0.1, 0.15) is 16.8 Å². The smallest absolute Gasteiger partial charge is 0.132 e. The van der Waals surface area contributed by atoms with Crippen molar-refractivity contribution in [3.05, 3.63) is 65.3 Å². The molecule has 0 fully saturated rings. The first kappa shape index (κ1) is 16.5. The number of anilines is 1. The number of benzene rings is 1. The standard InChI is InChI=1S/C18H18ClFN4/c1-12(13-4-6-16(20)7-5-13)24(3)18-9-14(8-17(19)22-18)15-10-21-23(2)11-15/h4-12H,1-3H3. The third-order valence-corrected chi connectivity index (χ3v) is 4.31. The lowest BCUT2D eigenvalue weighted by atomic mass is 10.1. The second kappa shape index (κ2) is 6.61. The SMILES string of the molecule is CC(c1ccc(F)cc1)N(C)c1cc(-c2cnn(C)c2)cc(Cl)n1. The number of pyridine rings is 1. The van der Waals surface area contributed by atoms with Gasteiger partial charge in [0.05, 0.1) is 12.2 Å². The summed E-state index contributed by atoms with van der Waals surface area (Å²) in [5.41, 5.74) is 2.94. The van der Waals surface area contributed by atoms with Gasteiger partial charge in [-0.3, -0.25) is 4.68 Å². The van der Waals surface area contributed by atoms with E-state index in [1.54, 1.807) is 23.0 Å².